The van der Waals surface area contributed by atoms with E-state index in [4.69, 9.17) is 24.4 Å². The number of phenols is 1. The van der Waals surface area contributed by atoms with Crippen molar-refractivity contribution < 1.29 is 27.2 Å². The minimum absolute atomic E-state index is 0. The Balaban J connectivity index is -0.0000000948. The topological polar surface area (TPSA) is 98.0 Å². The molecular formula is C7H12BrCaO5P. The Morgan fingerprint density at radius 3 is 2.00 bits per heavy atom. The Kier molecular flexibility index (Phi) is 9.77. The first-order valence-corrected chi connectivity index (χ1v) is 5.79. The average molecular weight is 327 g/mol. The monoisotopic (exact) mass is 326 g/mol. The Morgan fingerprint density at radius 1 is 1.33 bits per heavy atom. The van der Waals surface area contributed by atoms with Gasteiger partial charge in [-0.2, -0.15) is 0 Å². The fourth-order valence-corrected chi connectivity index (χ4v) is 1.11. The van der Waals surface area contributed by atoms with Crippen LogP contribution in [-0.2, 0) is 4.57 Å². The van der Waals surface area contributed by atoms with Crippen molar-refractivity contribution in [3.8, 4) is 5.75 Å². The van der Waals surface area contributed by atoms with Crippen LogP contribution in [0.3, 0.4) is 0 Å². The molecule has 0 unspecified atom stereocenters. The molecule has 1 aromatic carbocycles. The predicted molar refractivity (Wildman–Crippen MR) is 62.8 cm³/mol. The number of hydrogen-bond acceptors (Lipinski definition) is 2. The summed E-state index contributed by atoms with van der Waals surface area (Å²) in [7, 11) is -4.64. The largest absolute Gasteiger partial charge is 2.00 e. The fourth-order valence-electron chi connectivity index (χ4n) is 0.612. The number of aromatic hydroxyl groups is 1. The van der Waals surface area contributed by atoms with Crippen LogP contribution in [0.5, 0.6) is 5.75 Å². The Labute approximate surface area is 128 Å². The number of phosphoric acid groups is 1. The summed E-state index contributed by atoms with van der Waals surface area (Å²) in [4.78, 5) is 21.6. The molecule has 5 nitrogen and oxygen atoms in total. The van der Waals surface area contributed by atoms with E-state index in [1.807, 2.05) is 19.1 Å². The van der Waals surface area contributed by atoms with Gasteiger partial charge in [-0.15, -0.1) is 0 Å². The number of halogens is 1. The molecule has 0 aliphatic carbocycles. The minimum Gasteiger partial charge on any atom is -1.00 e. The Hall–Kier alpha value is 0.870. The summed E-state index contributed by atoms with van der Waals surface area (Å²) in [5, 5.41) is 9.00. The van der Waals surface area contributed by atoms with Crippen LogP contribution in [0.4, 0.5) is 0 Å². The maximum absolute atomic E-state index is 9.00. The van der Waals surface area contributed by atoms with E-state index < -0.39 is 7.82 Å². The van der Waals surface area contributed by atoms with Gasteiger partial charge in [0.15, 0.2) is 0 Å². The van der Waals surface area contributed by atoms with Gasteiger partial charge in [0.2, 0.25) is 0 Å². The second-order valence-electron chi connectivity index (χ2n) is 2.47. The van der Waals surface area contributed by atoms with E-state index in [0.717, 1.165) is 10.0 Å². The molecule has 4 N–H and O–H groups in total. The maximum atomic E-state index is 9.00. The van der Waals surface area contributed by atoms with Gasteiger partial charge < -0.3 is 22.6 Å². The molecule has 0 radical (unpaired) electrons. The first-order chi connectivity index (χ1) is 6.20. The zero-order valence-electron chi connectivity index (χ0n) is 9.96. The summed E-state index contributed by atoms with van der Waals surface area (Å²) < 4.78 is 9.63. The average Bonchev–Trinajstić information content (AvgIpc) is 1.94. The van der Waals surface area contributed by atoms with Crippen LogP contribution in [0, 0.1) is 6.92 Å². The van der Waals surface area contributed by atoms with E-state index in [2.05, 4.69) is 15.9 Å². The molecule has 0 bridgehead atoms. The molecule has 0 aliphatic heterocycles. The van der Waals surface area contributed by atoms with Crippen LogP contribution in [0.25, 0.3) is 0 Å². The third-order valence-electron chi connectivity index (χ3n) is 1.10. The second-order valence-corrected chi connectivity index (χ2v) is 4.35. The van der Waals surface area contributed by atoms with Gasteiger partial charge in [0.25, 0.3) is 0 Å². The quantitative estimate of drug-likeness (QED) is 0.426. The first-order valence-electron chi connectivity index (χ1n) is 3.43. The number of hydrogen-bond donors (Lipinski definition) is 4. The molecule has 0 amide bonds. The first kappa shape index (κ1) is 18.2. The van der Waals surface area contributed by atoms with E-state index in [1.165, 1.54) is 0 Å². The molecule has 0 saturated carbocycles. The van der Waals surface area contributed by atoms with E-state index >= 15 is 0 Å². The normalized spacial score (nSPS) is 9.67. The summed E-state index contributed by atoms with van der Waals surface area (Å²) in [6.07, 6.45) is 0. The van der Waals surface area contributed by atoms with Crippen LogP contribution in [-0.4, -0.2) is 57.5 Å². The Bertz CT molecular complexity index is 354. The number of aryl methyl sites for hydroxylation is 1. The molecule has 1 aromatic rings. The maximum Gasteiger partial charge on any atom is 2.00 e. The van der Waals surface area contributed by atoms with Crippen molar-refractivity contribution in [1.29, 1.82) is 0 Å². The molecule has 84 valence electrons. The van der Waals surface area contributed by atoms with Crippen LogP contribution < -0.4 is 0 Å². The molecule has 0 atom stereocenters. The molecule has 0 saturated heterocycles. The van der Waals surface area contributed by atoms with Crippen molar-refractivity contribution >= 4 is 61.5 Å². The molecule has 1 rings (SSSR count). The van der Waals surface area contributed by atoms with Gasteiger partial charge >= 0.3 is 45.6 Å². The van der Waals surface area contributed by atoms with E-state index in [-0.39, 0.29) is 40.6 Å². The standard InChI is InChI=1S/C7H7BrO.Ca.H3O4P.2H/c1-5-2-3-7(9)6(8)4-5;;1-5(2,3)4;;/h2-4,9H,1H3;;(H3,1,2,3,4);;/q;+2;;2*-1. The molecular weight excluding hydrogens is 315 g/mol. The van der Waals surface area contributed by atoms with Gasteiger partial charge in [-0.25, -0.2) is 4.57 Å². The zero-order valence-corrected chi connectivity index (χ0v) is 12.7. The molecule has 0 aromatic heterocycles. The molecule has 15 heavy (non-hydrogen) atoms. The van der Waals surface area contributed by atoms with Gasteiger partial charge in [-0.3, -0.25) is 0 Å². The van der Waals surface area contributed by atoms with E-state index in [1.54, 1.807) is 6.07 Å². The smallest absolute Gasteiger partial charge is 1.00 e. The fraction of sp³-hybridized carbons (Fsp3) is 0.143. The number of phenolic OH excluding ortho intramolecular Hbond substituents is 1. The van der Waals surface area contributed by atoms with Crippen molar-refractivity contribution in [2.45, 2.75) is 6.92 Å². The summed E-state index contributed by atoms with van der Waals surface area (Å²) in [5.41, 5.74) is 1.14. The number of benzene rings is 1. The second kappa shape index (κ2) is 8.03. The SMILES string of the molecule is Cc1ccc(O)c(Br)c1.O=P(O)(O)O.[Ca+2].[H-].[H-]. The van der Waals surface area contributed by atoms with Crippen molar-refractivity contribution in [3.05, 3.63) is 28.2 Å². The van der Waals surface area contributed by atoms with Gasteiger partial charge in [-0.05, 0) is 40.5 Å². The zero-order chi connectivity index (χ0) is 11.4. The van der Waals surface area contributed by atoms with Gasteiger partial charge in [0.05, 0.1) is 4.47 Å². The van der Waals surface area contributed by atoms with E-state index in [9.17, 15) is 0 Å². The Morgan fingerprint density at radius 2 is 1.73 bits per heavy atom. The van der Waals surface area contributed by atoms with Gasteiger partial charge in [0, 0.05) is 0 Å². The van der Waals surface area contributed by atoms with Crippen molar-refractivity contribution in [3.63, 3.8) is 0 Å². The molecule has 0 fully saturated rings. The number of rotatable bonds is 0. The third-order valence-corrected chi connectivity index (χ3v) is 1.74. The van der Waals surface area contributed by atoms with Crippen molar-refractivity contribution in [2.24, 2.45) is 0 Å². The van der Waals surface area contributed by atoms with Crippen molar-refractivity contribution in [1.82, 2.24) is 0 Å². The van der Waals surface area contributed by atoms with Gasteiger partial charge in [-0.1, -0.05) is 6.07 Å². The molecule has 0 heterocycles. The molecule has 8 heteroatoms. The summed E-state index contributed by atoms with van der Waals surface area (Å²) >= 11 is 3.20. The van der Waals surface area contributed by atoms with Crippen LogP contribution in [0.1, 0.15) is 8.42 Å². The van der Waals surface area contributed by atoms with Crippen molar-refractivity contribution in [2.75, 3.05) is 0 Å². The van der Waals surface area contributed by atoms with Crippen LogP contribution >= 0.6 is 23.8 Å². The van der Waals surface area contributed by atoms with E-state index in [0.29, 0.717) is 5.75 Å². The van der Waals surface area contributed by atoms with Crippen LogP contribution in [0.2, 0.25) is 0 Å². The third kappa shape index (κ3) is 12.8. The van der Waals surface area contributed by atoms with Gasteiger partial charge in [0.1, 0.15) is 5.75 Å². The summed E-state index contributed by atoms with van der Waals surface area (Å²) in [6.45, 7) is 1.98. The molecule has 0 aliphatic rings. The van der Waals surface area contributed by atoms with Crippen LogP contribution in [0.15, 0.2) is 22.7 Å². The minimum atomic E-state index is -4.64. The summed E-state index contributed by atoms with van der Waals surface area (Å²) in [6, 6.07) is 5.40. The molecule has 0 spiro atoms. The summed E-state index contributed by atoms with van der Waals surface area (Å²) in [5.74, 6) is 0.292. The predicted octanol–water partition coefficient (Wildman–Crippen LogP) is 1.38.